The van der Waals surface area contributed by atoms with E-state index in [0.29, 0.717) is 31.5 Å². The highest BCUT2D eigenvalue weighted by molar-refractivity contribution is 5.78. The van der Waals surface area contributed by atoms with Crippen LogP contribution in [0.4, 0.5) is 0 Å². The second-order valence-electron chi connectivity index (χ2n) is 5.59. The molecule has 0 saturated heterocycles. The molecule has 1 N–H and O–H groups in total. The highest BCUT2D eigenvalue weighted by atomic mass is 16.2. The Morgan fingerprint density at radius 2 is 2.11 bits per heavy atom. The lowest BCUT2D eigenvalue weighted by Gasteiger charge is -2.23. The molecule has 0 radical (unpaired) electrons. The van der Waals surface area contributed by atoms with Gasteiger partial charge in [-0.25, -0.2) is 0 Å². The molecule has 0 aromatic heterocycles. The second-order valence-corrected chi connectivity index (χ2v) is 5.59. The maximum absolute atomic E-state index is 11.9. The van der Waals surface area contributed by atoms with Crippen LogP contribution in [0.2, 0.25) is 0 Å². The second kappa shape index (κ2) is 8.10. The first kappa shape index (κ1) is 15.0. The van der Waals surface area contributed by atoms with Gasteiger partial charge in [-0.2, -0.15) is 5.26 Å². The number of carbonyl (C=O) groups is 1. The van der Waals surface area contributed by atoms with E-state index in [1.165, 1.54) is 12.8 Å². The molecule has 18 heavy (non-hydrogen) atoms. The summed E-state index contributed by atoms with van der Waals surface area (Å²) < 4.78 is 0. The Bertz CT molecular complexity index is 290. The fourth-order valence-corrected chi connectivity index (χ4v) is 2.51. The summed E-state index contributed by atoms with van der Waals surface area (Å²) in [6.07, 6.45) is 5.19. The highest BCUT2D eigenvalue weighted by Crippen LogP contribution is 2.17. The van der Waals surface area contributed by atoms with Gasteiger partial charge in [-0.3, -0.25) is 9.69 Å². The maximum atomic E-state index is 11.9. The Balaban J connectivity index is 2.33. The van der Waals surface area contributed by atoms with Crippen LogP contribution in [0.5, 0.6) is 0 Å². The standard InChI is InChI=1S/C14H25N3O/c1-12(2)10-17(9-5-8-15)11-14(18)16-13-6-3-4-7-13/h12-13H,3-7,9-11H2,1-2H3,(H,16,18). The zero-order valence-electron chi connectivity index (χ0n) is 11.6. The van der Waals surface area contributed by atoms with Crippen molar-refractivity contribution in [3.05, 3.63) is 0 Å². The summed E-state index contributed by atoms with van der Waals surface area (Å²) in [5.74, 6) is 0.628. The summed E-state index contributed by atoms with van der Waals surface area (Å²) in [6.45, 7) is 6.26. The lowest BCUT2D eigenvalue weighted by atomic mass is 10.2. The fraction of sp³-hybridized carbons (Fsp3) is 0.857. The van der Waals surface area contributed by atoms with Gasteiger partial charge in [0.15, 0.2) is 0 Å². The van der Waals surface area contributed by atoms with Crippen molar-refractivity contribution in [2.45, 2.75) is 52.0 Å². The van der Waals surface area contributed by atoms with Crippen LogP contribution in [-0.4, -0.2) is 36.5 Å². The van der Waals surface area contributed by atoms with E-state index in [9.17, 15) is 4.79 Å². The van der Waals surface area contributed by atoms with E-state index in [0.717, 1.165) is 19.4 Å². The maximum Gasteiger partial charge on any atom is 0.234 e. The third-order valence-corrected chi connectivity index (χ3v) is 3.25. The van der Waals surface area contributed by atoms with Crippen LogP contribution in [0.15, 0.2) is 0 Å². The van der Waals surface area contributed by atoms with Gasteiger partial charge >= 0.3 is 0 Å². The zero-order valence-corrected chi connectivity index (χ0v) is 11.6. The van der Waals surface area contributed by atoms with Crippen molar-refractivity contribution < 1.29 is 4.79 Å². The van der Waals surface area contributed by atoms with E-state index >= 15 is 0 Å². The molecule has 0 unspecified atom stereocenters. The summed E-state index contributed by atoms with van der Waals surface area (Å²) in [7, 11) is 0. The van der Waals surface area contributed by atoms with Crippen molar-refractivity contribution in [2.75, 3.05) is 19.6 Å². The zero-order chi connectivity index (χ0) is 13.4. The fourth-order valence-electron chi connectivity index (χ4n) is 2.51. The quantitative estimate of drug-likeness (QED) is 0.752. The summed E-state index contributed by atoms with van der Waals surface area (Å²) in [5.41, 5.74) is 0. The minimum absolute atomic E-state index is 0.112. The Kier molecular flexibility index (Phi) is 6.74. The van der Waals surface area contributed by atoms with E-state index in [1.807, 2.05) is 0 Å². The minimum Gasteiger partial charge on any atom is -0.352 e. The molecular formula is C14H25N3O. The smallest absolute Gasteiger partial charge is 0.234 e. The molecule has 0 spiro atoms. The van der Waals surface area contributed by atoms with Gasteiger partial charge in [0.2, 0.25) is 5.91 Å². The molecule has 1 aliphatic carbocycles. The molecule has 4 nitrogen and oxygen atoms in total. The number of hydrogen-bond acceptors (Lipinski definition) is 3. The van der Waals surface area contributed by atoms with Gasteiger partial charge < -0.3 is 5.32 Å². The first-order valence-electron chi connectivity index (χ1n) is 7.00. The van der Waals surface area contributed by atoms with Gasteiger partial charge in [0.1, 0.15) is 0 Å². The SMILES string of the molecule is CC(C)CN(CCC#N)CC(=O)NC1CCCC1. The summed E-state index contributed by atoms with van der Waals surface area (Å²) in [4.78, 5) is 14.0. The predicted octanol–water partition coefficient (Wildman–Crippen LogP) is 1.92. The Morgan fingerprint density at radius 3 is 2.67 bits per heavy atom. The molecule has 102 valence electrons. The van der Waals surface area contributed by atoms with Gasteiger partial charge in [-0.1, -0.05) is 26.7 Å². The van der Waals surface area contributed by atoms with E-state index in [-0.39, 0.29) is 5.91 Å². The average molecular weight is 251 g/mol. The molecular weight excluding hydrogens is 226 g/mol. The number of nitriles is 1. The highest BCUT2D eigenvalue weighted by Gasteiger charge is 2.18. The molecule has 0 aliphatic heterocycles. The van der Waals surface area contributed by atoms with Crippen LogP contribution in [0, 0.1) is 17.2 Å². The molecule has 0 aromatic rings. The lowest BCUT2D eigenvalue weighted by Crippen LogP contribution is -2.42. The number of carbonyl (C=O) groups excluding carboxylic acids is 1. The molecule has 1 fully saturated rings. The number of hydrogen-bond donors (Lipinski definition) is 1. The van der Waals surface area contributed by atoms with Crippen LogP contribution in [0.25, 0.3) is 0 Å². The van der Waals surface area contributed by atoms with Gasteiger partial charge in [0, 0.05) is 25.6 Å². The number of nitrogens with one attached hydrogen (secondary N) is 1. The van der Waals surface area contributed by atoms with E-state index in [4.69, 9.17) is 5.26 Å². The monoisotopic (exact) mass is 251 g/mol. The average Bonchev–Trinajstić information content (AvgIpc) is 2.77. The van der Waals surface area contributed by atoms with E-state index in [2.05, 4.69) is 30.1 Å². The molecule has 1 saturated carbocycles. The molecule has 1 aliphatic rings. The van der Waals surface area contributed by atoms with Crippen molar-refractivity contribution in [3.8, 4) is 6.07 Å². The Morgan fingerprint density at radius 1 is 1.44 bits per heavy atom. The normalized spacial score (nSPS) is 16.2. The van der Waals surface area contributed by atoms with Gasteiger partial charge in [0.05, 0.1) is 12.6 Å². The summed E-state index contributed by atoms with van der Waals surface area (Å²) in [6, 6.07) is 2.53. The van der Waals surface area contributed by atoms with Crippen molar-refractivity contribution >= 4 is 5.91 Å². The van der Waals surface area contributed by atoms with Crippen LogP contribution in [0.3, 0.4) is 0 Å². The van der Waals surface area contributed by atoms with Crippen molar-refractivity contribution in [2.24, 2.45) is 5.92 Å². The van der Waals surface area contributed by atoms with Crippen LogP contribution in [-0.2, 0) is 4.79 Å². The van der Waals surface area contributed by atoms with E-state index in [1.54, 1.807) is 0 Å². The molecule has 1 rings (SSSR count). The first-order valence-corrected chi connectivity index (χ1v) is 7.00. The van der Waals surface area contributed by atoms with Crippen LogP contribution in [0.1, 0.15) is 46.0 Å². The Hall–Kier alpha value is -1.08. The van der Waals surface area contributed by atoms with Crippen molar-refractivity contribution in [3.63, 3.8) is 0 Å². The van der Waals surface area contributed by atoms with Gasteiger partial charge in [0.25, 0.3) is 0 Å². The molecule has 0 bridgehead atoms. The number of rotatable bonds is 7. The van der Waals surface area contributed by atoms with Crippen LogP contribution < -0.4 is 5.32 Å². The van der Waals surface area contributed by atoms with Crippen molar-refractivity contribution in [1.29, 1.82) is 5.26 Å². The lowest BCUT2D eigenvalue weighted by molar-refractivity contribution is -0.123. The summed E-state index contributed by atoms with van der Waals surface area (Å²) >= 11 is 0. The van der Waals surface area contributed by atoms with Gasteiger partial charge in [-0.05, 0) is 18.8 Å². The number of nitrogens with zero attached hydrogens (tertiary/aromatic N) is 2. The van der Waals surface area contributed by atoms with Crippen molar-refractivity contribution in [1.82, 2.24) is 10.2 Å². The Labute approximate surface area is 110 Å². The van der Waals surface area contributed by atoms with Gasteiger partial charge in [-0.15, -0.1) is 0 Å². The third kappa shape index (κ3) is 6.02. The molecule has 4 heteroatoms. The number of amides is 1. The van der Waals surface area contributed by atoms with E-state index < -0.39 is 0 Å². The minimum atomic E-state index is 0.112. The molecule has 0 aromatic carbocycles. The summed E-state index contributed by atoms with van der Waals surface area (Å²) in [5, 5.41) is 11.7. The molecule has 0 heterocycles. The predicted molar refractivity (Wildman–Crippen MR) is 71.9 cm³/mol. The van der Waals surface area contributed by atoms with Crippen LogP contribution >= 0.6 is 0 Å². The topological polar surface area (TPSA) is 56.1 Å². The largest absolute Gasteiger partial charge is 0.352 e. The first-order chi connectivity index (χ1) is 8.61. The molecule has 0 atom stereocenters. The molecule has 1 amide bonds. The third-order valence-electron chi connectivity index (χ3n) is 3.25.